The lowest BCUT2D eigenvalue weighted by Gasteiger charge is -2.19. The minimum Gasteiger partial charge on any atom is -0.481 e. The monoisotopic (exact) mass is 341 g/mol. The zero-order chi connectivity index (χ0) is 18.1. The third kappa shape index (κ3) is 6.63. The van der Waals surface area contributed by atoms with Gasteiger partial charge in [-0.15, -0.1) is 0 Å². The maximum absolute atomic E-state index is 12.2. The molecule has 132 valence electrons. The Kier molecular flexibility index (Phi) is 6.95. The second-order valence-electron chi connectivity index (χ2n) is 5.95. The summed E-state index contributed by atoms with van der Waals surface area (Å²) in [5.41, 5.74) is 3.06. The number of aromatic nitrogens is 1. The van der Waals surface area contributed by atoms with E-state index in [1.807, 2.05) is 43.3 Å². The van der Waals surface area contributed by atoms with Gasteiger partial charge >= 0.3 is 12.0 Å². The molecule has 0 aliphatic rings. The van der Waals surface area contributed by atoms with E-state index in [1.54, 1.807) is 12.4 Å². The van der Waals surface area contributed by atoms with E-state index in [1.165, 1.54) is 0 Å². The topological polar surface area (TPSA) is 91.3 Å². The van der Waals surface area contributed by atoms with Gasteiger partial charge in [0, 0.05) is 31.4 Å². The van der Waals surface area contributed by atoms with Crippen LogP contribution in [0.4, 0.5) is 4.79 Å². The van der Waals surface area contributed by atoms with Gasteiger partial charge in [0.1, 0.15) is 0 Å². The fourth-order valence-electron chi connectivity index (χ4n) is 2.53. The molecule has 1 aromatic heterocycles. The number of pyridine rings is 1. The number of carbonyl (C=O) groups is 2. The van der Waals surface area contributed by atoms with Crippen LogP contribution in [0.25, 0.3) is 0 Å². The summed E-state index contributed by atoms with van der Waals surface area (Å²) in [6.45, 7) is 2.34. The molecule has 0 fully saturated rings. The largest absolute Gasteiger partial charge is 0.481 e. The van der Waals surface area contributed by atoms with Crippen LogP contribution < -0.4 is 10.6 Å². The molecule has 25 heavy (non-hydrogen) atoms. The van der Waals surface area contributed by atoms with Crippen molar-refractivity contribution in [3.63, 3.8) is 0 Å². The van der Waals surface area contributed by atoms with Crippen molar-refractivity contribution in [1.82, 2.24) is 15.6 Å². The van der Waals surface area contributed by atoms with Gasteiger partial charge in [-0.1, -0.05) is 30.3 Å². The van der Waals surface area contributed by atoms with E-state index in [4.69, 9.17) is 5.11 Å². The predicted molar refractivity (Wildman–Crippen MR) is 95.1 cm³/mol. The lowest BCUT2D eigenvalue weighted by atomic mass is 10.0. The Bertz CT molecular complexity index is 704. The molecule has 2 amide bonds. The van der Waals surface area contributed by atoms with Crippen molar-refractivity contribution in [3.8, 4) is 0 Å². The Morgan fingerprint density at radius 1 is 1.20 bits per heavy atom. The normalized spacial score (nSPS) is 11.6. The summed E-state index contributed by atoms with van der Waals surface area (Å²) in [4.78, 5) is 27.1. The van der Waals surface area contributed by atoms with E-state index in [-0.39, 0.29) is 18.5 Å². The van der Waals surface area contributed by atoms with Gasteiger partial charge in [-0.3, -0.25) is 9.78 Å². The quantitative estimate of drug-likeness (QED) is 0.688. The van der Waals surface area contributed by atoms with Crippen LogP contribution in [0.3, 0.4) is 0 Å². The standard InChI is InChI=1S/C19H23N3O3/c1-14-12-20-10-9-16(14)13-21-19(25)22-17(7-8-18(23)24)11-15-5-3-2-4-6-15/h2-6,9-10,12,17H,7-8,11,13H2,1H3,(H,23,24)(H2,21,22,25). The van der Waals surface area contributed by atoms with E-state index in [0.29, 0.717) is 19.4 Å². The van der Waals surface area contributed by atoms with Gasteiger partial charge in [0.15, 0.2) is 0 Å². The average molecular weight is 341 g/mol. The molecule has 0 saturated heterocycles. The maximum atomic E-state index is 12.2. The molecule has 1 aromatic carbocycles. The first-order chi connectivity index (χ1) is 12.0. The van der Waals surface area contributed by atoms with Crippen molar-refractivity contribution >= 4 is 12.0 Å². The van der Waals surface area contributed by atoms with Crippen LogP contribution in [0.1, 0.15) is 29.5 Å². The molecule has 1 heterocycles. The molecule has 6 nitrogen and oxygen atoms in total. The molecule has 2 rings (SSSR count). The zero-order valence-corrected chi connectivity index (χ0v) is 14.2. The summed E-state index contributed by atoms with van der Waals surface area (Å²) in [6, 6.07) is 11.0. The highest BCUT2D eigenvalue weighted by Gasteiger charge is 2.15. The minimum absolute atomic E-state index is 0.0151. The molecule has 3 N–H and O–H groups in total. The SMILES string of the molecule is Cc1cnccc1CNC(=O)NC(CCC(=O)O)Cc1ccccc1. The number of aryl methyl sites for hydroxylation is 1. The molecular formula is C19H23N3O3. The Labute approximate surface area is 147 Å². The molecule has 0 spiro atoms. The molecule has 0 bridgehead atoms. The van der Waals surface area contributed by atoms with Gasteiger partial charge in [0.05, 0.1) is 0 Å². The number of benzene rings is 1. The van der Waals surface area contributed by atoms with Crippen LogP contribution >= 0.6 is 0 Å². The van der Waals surface area contributed by atoms with Gasteiger partial charge < -0.3 is 15.7 Å². The lowest BCUT2D eigenvalue weighted by Crippen LogP contribution is -2.43. The zero-order valence-electron chi connectivity index (χ0n) is 14.2. The number of carboxylic acids is 1. The van der Waals surface area contributed by atoms with E-state index in [9.17, 15) is 9.59 Å². The smallest absolute Gasteiger partial charge is 0.315 e. The lowest BCUT2D eigenvalue weighted by molar-refractivity contribution is -0.137. The van der Waals surface area contributed by atoms with Gasteiger partial charge in [-0.25, -0.2) is 4.79 Å². The van der Waals surface area contributed by atoms with E-state index in [0.717, 1.165) is 16.7 Å². The number of hydrogen-bond donors (Lipinski definition) is 3. The third-order valence-corrected chi connectivity index (χ3v) is 3.94. The van der Waals surface area contributed by atoms with Gasteiger partial charge in [-0.05, 0) is 42.5 Å². The highest BCUT2D eigenvalue weighted by Crippen LogP contribution is 2.08. The molecule has 6 heteroatoms. The van der Waals surface area contributed by atoms with Crippen LogP contribution in [0.5, 0.6) is 0 Å². The maximum Gasteiger partial charge on any atom is 0.315 e. The first-order valence-corrected chi connectivity index (χ1v) is 8.24. The highest BCUT2D eigenvalue weighted by atomic mass is 16.4. The van der Waals surface area contributed by atoms with E-state index < -0.39 is 5.97 Å². The number of rotatable bonds is 8. The predicted octanol–water partition coefficient (Wildman–Crippen LogP) is 2.67. The molecule has 0 radical (unpaired) electrons. The van der Waals surface area contributed by atoms with Crippen LogP contribution in [-0.4, -0.2) is 28.1 Å². The third-order valence-electron chi connectivity index (χ3n) is 3.94. The summed E-state index contributed by atoms with van der Waals surface area (Å²) in [7, 11) is 0. The first-order valence-electron chi connectivity index (χ1n) is 8.24. The van der Waals surface area contributed by atoms with Gasteiger partial charge in [-0.2, -0.15) is 0 Å². The Balaban J connectivity index is 1.91. The number of aliphatic carboxylic acids is 1. The Hall–Kier alpha value is -2.89. The first kappa shape index (κ1) is 18.4. The molecule has 0 saturated carbocycles. The fourth-order valence-corrected chi connectivity index (χ4v) is 2.53. The van der Waals surface area contributed by atoms with Crippen LogP contribution in [0.2, 0.25) is 0 Å². The summed E-state index contributed by atoms with van der Waals surface area (Å²) in [6.07, 6.45) is 4.43. The van der Waals surface area contributed by atoms with Crippen molar-refractivity contribution in [2.24, 2.45) is 0 Å². The molecule has 0 aliphatic carbocycles. The highest BCUT2D eigenvalue weighted by molar-refractivity contribution is 5.74. The van der Waals surface area contributed by atoms with Crippen LogP contribution in [-0.2, 0) is 17.8 Å². The van der Waals surface area contributed by atoms with E-state index in [2.05, 4.69) is 15.6 Å². The summed E-state index contributed by atoms with van der Waals surface area (Å²) < 4.78 is 0. The van der Waals surface area contributed by atoms with Gasteiger partial charge in [0.25, 0.3) is 0 Å². The molecule has 1 unspecified atom stereocenters. The number of nitrogens with zero attached hydrogens (tertiary/aromatic N) is 1. The summed E-state index contributed by atoms with van der Waals surface area (Å²) >= 11 is 0. The van der Waals surface area contributed by atoms with Crippen molar-refractivity contribution < 1.29 is 14.7 Å². The number of carboxylic acid groups (broad SMARTS) is 1. The second kappa shape index (κ2) is 9.42. The van der Waals surface area contributed by atoms with Crippen molar-refractivity contribution in [1.29, 1.82) is 0 Å². The van der Waals surface area contributed by atoms with Gasteiger partial charge in [0.2, 0.25) is 0 Å². The van der Waals surface area contributed by atoms with Crippen molar-refractivity contribution in [3.05, 3.63) is 65.5 Å². The van der Waals surface area contributed by atoms with E-state index >= 15 is 0 Å². The van der Waals surface area contributed by atoms with Crippen molar-refractivity contribution in [2.45, 2.75) is 38.8 Å². The summed E-state index contributed by atoms with van der Waals surface area (Å²) in [5, 5.41) is 14.6. The average Bonchev–Trinajstić information content (AvgIpc) is 2.60. The number of nitrogens with one attached hydrogen (secondary N) is 2. The summed E-state index contributed by atoms with van der Waals surface area (Å²) in [5.74, 6) is -0.868. The Morgan fingerprint density at radius 3 is 2.64 bits per heavy atom. The number of hydrogen-bond acceptors (Lipinski definition) is 3. The molecule has 0 aliphatic heterocycles. The number of carbonyl (C=O) groups excluding carboxylic acids is 1. The minimum atomic E-state index is -0.868. The second-order valence-corrected chi connectivity index (χ2v) is 5.95. The molecular weight excluding hydrogens is 318 g/mol. The van der Waals surface area contributed by atoms with Crippen LogP contribution in [0, 0.1) is 6.92 Å². The number of urea groups is 1. The molecule has 1 atom stereocenters. The fraction of sp³-hybridized carbons (Fsp3) is 0.316. The van der Waals surface area contributed by atoms with Crippen molar-refractivity contribution in [2.75, 3.05) is 0 Å². The van der Waals surface area contributed by atoms with Crippen LogP contribution in [0.15, 0.2) is 48.8 Å². The number of amides is 2. The Morgan fingerprint density at radius 2 is 1.96 bits per heavy atom. The molecule has 2 aromatic rings.